The number of alkyl halides is 3. The van der Waals surface area contributed by atoms with E-state index in [9.17, 15) is 22.8 Å². The molecular formula is C22H23F3N4O2. The molecule has 2 aromatic rings. The summed E-state index contributed by atoms with van der Waals surface area (Å²) in [6.45, 7) is 2.82. The summed E-state index contributed by atoms with van der Waals surface area (Å²) in [6, 6.07) is 14.2. The van der Waals surface area contributed by atoms with Crippen molar-refractivity contribution >= 4 is 23.7 Å². The first kappa shape index (κ1) is 22.4. The number of hydrogen-bond acceptors (Lipinski definition) is 4. The number of carbonyl (C=O) groups excluding carboxylic acids is 2. The number of halogens is 3. The molecule has 9 heteroatoms. The van der Waals surface area contributed by atoms with Gasteiger partial charge in [-0.2, -0.15) is 13.2 Å². The van der Waals surface area contributed by atoms with Gasteiger partial charge in [0, 0.05) is 18.0 Å². The van der Waals surface area contributed by atoms with Gasteiger partial charge in [0.1, 0.15) is 6.17 Å². The molecular weight excluding hydrogens is 409 g/mol. The number of anilines is 1. The first-order valence-electron chi connectivity index (χ1n) is 9.78. The van der Waals surface area contributed by atoms with Crippen LogP contribution in [0.4, 0.5) is 18.9 Å². The summed E-state index contributed by atoms with van der Waals surface area (Å²) < 4.78 is 38.9. The van der Waals surface area contributed by atoms with Crippen LogP contribution < -0.4 is 21.1 Å². The Morgan fingerprint density at radius 1 is 1.13 bits per heavy atom. The van der Waals surface area contributed by atoms with Crippen LogP contribution in [0.1, 0.15) is 24.5 Å². The second kappa shape index (κ2) is 9.65. The maximum atomic E-state index is 13.0. The van der Waals surface area contributed by atoms with Gasteiger partial charge in [-0.3, -0.25) is 14.6 Å². The van der Waals surface area contributed by atoms with Crippen molar-refractivity contribution in [1.82, 2.24) is 16.1 Å². The van der Waals surface area contributed by atoms with Crippen LogP contribution in [0.25, 0.3) is 5.70 Å². The van der Waals surface area contributed by atoms with Gasteiger partial charge in [0.25, 0.3) is 0 Å². The van der Waals surface area contributed by atoms with Crippen molar-refractivity contribution in [2.45, 2.75) is 25.7 Å². The summed E-state index contributed by atoms with van der Waals surface area (Å²) in [6.07, 6.45) is -1.71. The van der Waals surface area contributed by atoms with E-state index in [0.717, 1.165) is 30.8 Å². The Hall–Kier alpha value is -3.33. The average Bonchev–Trinajstić information content (AvgIpc) is 3.35. The van der Waals surface area contributed by atoms with Crippen molar-refractivity contribution in [1.29, 1.82) is 0 Å². The highest BCUT2D eigenvalue weighted by Gasteiger charge is 2.32. The van der Waals surface area contributed by atoms with Crippen molar-refractivity contribution in [2.24, 2.45) is 5.92 Å². The Labute approximate surface area is 178 Å². The van der Waals surface area contributed by atoms with E-state index >= 15 is 0 Å². The SMILES string of the molecule is CC1CCNC1=O.O=CNC1C=C(c2cccc(C(F)(F)F)c2)N(c2ccccc2)N1. The lowest BCUT2D eigenvalue weighted by atomic mass is 10.1. The molecule has 0 aliphatic carbocycles. The van der Waals surface area contributed by atoms with Gasteiger partial charge < -0.3 is 10.6 Å². The molecule has 2 atom stereocenters. The molecule has 4 rings (SSSR count). The van der Waals surface area contributed by atoms with E-state index < -0.39 is 17.9 Å². The lowest BCUT2D eigenvalue weighted by Gasteiger charge is -2.24. The van der Waals surface area contributed by atoms with Crippen LogP contribution in [0, 0.1) is 5.92 Å². The summed E-state index contributed by atoms with van der Waals surface area (Å²) in [7, 11) is 0. The molecule has 2 aliphatic heterocycles. The third-order valence-corrected chi connectivity index (χ3v) is 4.91. The molecule has 164 valence electrons. The van der Waals surface area contributed by atoms with Crippen LogP contribution in [0.2, 0.25) is 0 Å². The predicted octanol–water partition coefficient (Wildman–Crippen LogP) is 3.29. The molecule has 2 unspecified atom stereocenters. The van der Waals surface area contributed by atoms with Gasteiger partial charge >= 0.3 is 6.18 Å². The van der Waals surface area contributed by atoms with Gasteiger partial charge in [0.15, 0.2) is 0 Å². The Morgan fingerprint density at radius 3 is 2.42 bits per heavy atom. The molecule has 31 heavy (non-hydrogen) atoms. The molecule has 0 radical (unpaired) electrons. The minimum Gasteiger partial charge on any atom is -0.356 e. The molecule has 2 heterocycles. The van der Waals surface area contributed by atoms with Gasteiger partial charge in [-0.25, -0.2) is 5.43 Å². The van der Waals surface area contributed by atoms with Gasteiger partial charge in [-0.05, 0) is 36.8 Å². The van der Waals surface area contributed by atoms with Crippen molar-refractivity contribution in [2.75, 3.05) is 11.6 Å². The van der Waals surface area contributed by atoms with Gasteiger partial charge in [0.2, 0.25) is 12.3 Å². The summed E-state index contributed by atoms with van der Waals surface area (Å²) >= 11 is 0. The lowest BCUT2D eigenvalue weighted by molar-refractivity contribution is -0.137. The summed E-state index contributed by atoms with van der Waals surface area (Å²) in [5, 5.41) is 6.94. The van der Waals surface area contributed by atoms with Crippen LogP contribution >= 0.6 is 0 Å². The molecule has 1 saturated heterocycles. The fourth-order valence-electron chi connectivity index (χ4n) is 3.23. The Bertz CT molecular complexity index is 947. The van der Waals surface area contributed by atoms with E-state index in [4.69, 9.17) is 0 Å². The maximum Gasteiger partial charge on any atom is 0.416 e. The first-order chi connectivity index (χ1) is 14.8. The molecule has 2 aliphatic rings. The quantitative estimate of drug-likeness (QED) is 0.649. The van der Waals surface area contributed by atoms with Crippen molar-refractivity contribution in [3.8, 4) is 0 Å². The fraction of sp³-hybridized carbons (Fsp3) is 0.273. The van der Waals surface area contributed by atoms with Crippen LogP contribution in [-0.2, 0) is 15.8 Å². The van der Waals surface area contributed by atoms with Crippen molar-refractivity contribution < 1.29 is 22.8 Å². The van der Waals surface area contributed by atoms with E-state index in [-0.39, 0.29) is 11.8 Å². The third kappa shape index (κ3) is 5.64. The van der Waals surface area contributed by atoms with E-state index in [2.05, 4.69) is 16.1 Å². The number of rotatable bonds is 4. The molecule has 2 aromatic carbocycles. The minimum absolute atomic E-state index is 0.208. The second-order valence-corrected chi connectivity index (χ2v) is 7.17. The van der Waals surface area contributed by atoms with E-state index in [1.54, 1.807) is 17.2 Å². The average molecular weight is 432 g/mol. The minimum atomic E-state index is -4.42. The second-order valence-electron chi connectivity index (χ2n) is 7.17. The highest BCUT2D eigenvalue weighted by molar-refractivity contribution is 5.81. The zero-order valence-corrected chi connectivity index (χ0v) is 16.8. The summed E-state index contributed by atoms with van der Waals surface area (Å²) in [4.78, 5) is 21.1. The standard InChI is InChI=1S/C17H14F3N3O.C5H9NO/c18-17(19,20)13-6-4-5-12(9-13)15-10-16(21-11-24)22-23(15)14-7-2-1-3-8-14;1-4-2-3-6-5(4)7/h1-11,16,22H,(H,21,24);4H,2-3H2,1H3,(H,6,7). The molecule has 0 spiro atoms. The van der Waals surface area contributed by atoms with Gasteiger partial charge in [-0.15, -0.1) is 0 Å². The molecule has 0 bridgehead atoms. The van der Waals surface area contributed by atoms with E-state index in [1.807, 2.05) is 37.3 Å². The van der Waals surface area contributed by atoms with E-state index in [0.29, 0.717) is 17.7 Å². The zero-order chi connectivity index (χ0) is 22.4. The van der Waals surface area contributed by atoms with Gasteiger partial charge in [0.05, 0.1) is 16.9 Å². The third-order valence-electron chi connectivity index (χ3n) is 4.91. The van der Waals surface area contributed by atoms with Crippen molar-refractivity contribution in [3.05, 3.63) is 71.8 Å². The number of hydrazine groups is 1. The number of hydrogen-bond donors (Lipinski definition) is 3. The van der Waals surface area contributed by atoms with Crippen LogP contribution in [0.15, 0.2) is 60.7 Å². The zero-order valence-electron chi connectivity index (χ0n) is 16.8. The molecule has 6 nitrogen and oxygen atoms in total. The fourth-order valence-corrected chi connectivity index (χ4v) is 3.23. The maximum absolute atomic E-state index is 13.0. The molecule has 2 amide bonds. The highest BCUT2D eigenvalue weighted by Crippen LogP contribution is 2.33. The molecule has 1 fully saturated rings. The van der Waals surface area contributed by atoms with Crippen LogP contribution in [-0.4, -0.2) is 25.0 Å². The monoisotopic (exact) mass is 432 g/mol. The van der Waals surface area contributed by atoms with Crippen LogP contribution in [0.3, 0.4) is 0 Å². The number of para-hydroxylation sites is 1. The largest absolute Gasteiger partial charge is 0.416 e. The highest BCUT2D eigenvalue weighted by atomic mass is 19.4. The number of carbonyl (C=O) groups is 2. The number of nitrogens with zero attached hydrogens (tertiary/aromatic N) is 1. The lowest BCUT2D eigenvalue weighted by Crippen LogP contribution is -2.44. The number of benzene rings is 2. The Morgan fingerprint density at radius 2 is 1.87 bits per heavy atom. The first-order valence-corrected chi connectivity index (χ1v) is 9.78. The molecule has 0 aromatic heterocycles. The number of nitrogens with one attached hydrogen (secondary N) is 3. The van der Waals surface area contributed by atoms with Crippen molar-refractivity contribution in [3.63, 3.8) is 0 Å². The predicted molar refractivity (Wildman–Crippen MR) is 111 cm³/mol. The van der Waals surface area contributed by atoms with Gasteiger partial charge in [-0.1, -0.05) is 37.3 Å². The molecule has 0 saturated carbocycles. The van der Waals surface area contributed by atoms with Crippen LogP contribution in [0.5, 0.6) is 0 Å². The number of amides is 2. The Balaban J connectivity index is 0.000000330. The summed E-state index contributed by atoms with van der Waals surface area (Å²) in [5.41, 5.74) is 3.99. The smallest absolute Gasteiger partial charge is 0.356 e. The molecule has 3 N–H and O–H groups in total. The normalized spacial score (nSPS) is 20.5. The Kier molecular flexibility index (Phi) is 6.96. The van der Waals surface area contributed by atoms with E-state index in [1.165, 1.54) is 6.07 Å². The topological polar surface area (TPSA) is 73.5 Å². The summed E-state index contributed by atoms with van der Waals surface area (Å²) in [5.74, 6) is 0.472.